The van der Waals surface area contributed by atoms with Crippen LogP contribution in [0.2, 0.25) is 0 Å². The average Bonchev–Trinajstić information content (AvgIpc) is 2.29. The summed E-state index contributed by atoms with van der Waals surface area (Å²) in [4.78, 5) is 10.9. The Bertz CT molecular complexity index is 331. The summed E-state index contributed by atoms with van der Waals surface area (Å²) >= 11 is 0. The third-order valence-electron chi connectivity index (χ3n) is 2.37. The van der Waals surface area contributed by atoms with Crippen molar-refractivity contribution in [2.24, 2.45) is 0 Å². The van der Waals surface area contributed by atoms with Gasteiger partial charge in [0.05, 0.1) is 0 Å². The number of ether oxygens (including phenoxy) is 1. The van der Waals surface area contributed by atoms with Gasteiger partial charge in [0.2, 0.25) is 5.88 Å². The maximum absolute atomic E-state index is 5.66. The predicted molar refractivity (Wildman–Crippen MR) is 74.2 cm³/mol. The monoisotopic (exact) mass is 252 g/mol. The van der Waals surface area contributed by atoms with Crippen molar-refractivity contribution in [3.8, 4) is 5.88 Å². The summed E-state index contributed by atoms with van der Waals surface area (Å²) in [5, 5.41) is 3.20. The number of aryl methyl sites for hydroxylation is 1. The minimum absolute atomic E-state index is 0.640. The molecular weight excluding hydrogens is 228 g/mol. The lowest BCUT2D eigenvalue weighted by Gasteiger charge is -2.12. The lowest BCUT2D eigenvalue weighted by atomic mass is 10.3. The van der Waals surface area contributed by atoms with Crippen molar-refractivity contribution < 1.29 is 4.74 Å². The van der Waals surface area contributed by atoms with Gasteiger partial charge >= 0.3 is 0 Å². The van der Waals surface area contributed by atoms with Crippen LogP contribution in [0.25, 0.3) is 0 Å². The smallest absolute Gasteiger partial charge is 0.218 e. The van der Waals surface area contributed by atoms with Gasteiger partial charge in [0.25, 0.3) is 0 Å². The van der Waals surface area contributed by atoms with Crippen molar-refractivity contribution in [1.82, 2.24) is 14.9 Å². The second kappa shape index (κ2) is 7.87. The molecule has 1 N–H and O–H groups in total. The van der Waals surface area contributed by atoms with E-state index in [9.17, 15) is 0 Å². The van der Waals surface area contributed by atoms with Gasteiger partial charge in [0.1, 0.15) is 18.2 Å². The molecule has 0 unspecified atom stereocenters. The maximum Gasteiger partial charge on any atom is 0.218 e. The van der Waals surface area contributed by atoms with Crippen molar-refractivity contribution in [2.75, 3.05) is 39.1 Å². The molecule has 0 fully saturated rings. The van der Waals surface area contributed by atoms with Gasteiger partial charge in [0, 0.05) is 25.6 Å². The van der Waals surface area contributed by atoms with Gasteiger partial charge in [-0.1, -0.05) is 6.92 Å². The fourth-order valence-corrected chi connectivity index (χ4v) is 1.49. The second-order valence-corrected chi connectivity index (χ2v) is 4.44. The highest BCUT2D eigenvalue weighted by atomic mass is 16.5. The van der Waals surface area contributed by atoms with Crippen LogP contribution in [0, 0.1) is 0 Å². The van der Waals surface area contributed by atoms with Gasteiger partial charge < -0.3 is 15.0 Å². The Morgan fingerprint density at radius 1 is 1.28 bits per heavy atom. The van der Waals surface area contributed by atoms with Crippen molar-refractivity contribution >= 4 is 5.82 Å². The van der Waals surface area contributed by atoms with E-state index >= 15 is 0 Å². The van der Waals surface area contributed by atoms with E-state index in [1.165, 1.54) is 0 Å². The summed E-state index contributed by atoms with van der Waals surface area (Å²) in [7, 11) is 4.05. The number of hydrogen-bond acceptors (Lipinski definition) is 5. The number of nitrogens with one attached hydrogen (secondary N) is 1. The van der Waals surface area contributed by atoms with Crippen LogP contribution < -0.4 is 10.1 Å². The number of hydrogen-bond donors (Lipinski definition) is 1. The molecule has 0 aliphatic carbocycles. The lowest BCUT2D eigenvalue weighted by Crippen LogP contribution is -2.20. The highest BCUT2D eigenvalue weighted by Crippen LogP contribution is 2.14. The zero-order valence-corrected chi connectivity index (χ0v) is 11.9. The minimum Gasteiger partial charge on any atom is -0.476 e. The van der Waals surface area contributed by atoms with E-state index in [1.54, 1.807) is 0 Å². The Morgan fingerprint density at radius 3 is 2.67 bits per heavy atom. The van der Waals surface area contributed by atoms with Crippen LogP contribution in [0.15, 0.2) is 6.07 Å². The van der Waals surface area contributed by atoms with Crippen LogP contribution in [0.5, 0.6) is 5.88 Å². The molecule has 1 aromatic rings. The van der Waals surface area contributed by atoms with Crippen molar-refractivity contribution in [3.05, 3.63) is 11.9 Å². The summed E-state index contributed by atoms with van der Waals surface area (Å²) in [5.74, 6) is 2.35. The van der Waals surface area contributed by atoms with E-state index in [4.69, 9.17) is 4.74 Å². The maximum atomic E-state index is 5.66. The molecular formula is C13H24N4O. The molecule has 18 heavy (non-hydrogen) atoms. The highest BCUT2D eigenvalue weighted by molar-refractivity contribution is 5.38. The standard InChI is InChI=1S/C13H24N4O/c1-5-7-11-15-12(14-6-2)10-13(16-11)18-9-8-17(3)4/h10H,5-9H2,1-4H3,(H,14,15,16). The van der Waals surface area contributed by atoms with Crippen LogP contribution in [0.4, 0.5) is 5.82 Å². The van der Waals surface area contributed by atoms with Crippen LogP contribution in [0.1, 0.15) is 26.1 Å². The normalized spacial score (nSPS) is 10.7. The van der Waals surface area contributed by atoms with Gasteiger partial charge in [-0.15, -0.1) is 0 Å². The Labute approximate surface area is 110 Å². The Hall–Kier alpha value is -1.36. The van der Waals surface area contributed by atoms with Crippen LogP contribution >= 0.6 is 0 Å². The van der Waals surface area contributed by atoms with Gasteiger partial charge in [0.15, 0.2) is 0 Å². The fourth-order valence-electron chi connectivity index (χ4n) is 1.49. The van der Waals surface area contributed by atoms with Gasteiger partial charge in [-0.25, -0.2) is 4.98 Å². The number of anilines is 1. The Kier molecular flexibility index (Phi) is 6.43. The fraction of sp³-hybridized carbons (Fsp3) is 0.692. The van der Waals surface area contributed by atoms with E-state index in [0.717, 1.165) is 37.6 Å². The average molecular weight is 252 g/mol. The molecule has 0 aliphatic rings. The second-order valence-electron chi connectivity index (χ2n) is 4.44. The molecule has 1 rings (SSSR count). The number of likely N-dealkylation sites (N-methyl/N-ethyl adjacent to an activating group) is 1. The third kappa shape index (κ3) is 5.31. The summed E-state index contributed by atoms with van der Waals surface area (Å²) < 4.78 is 5.66. The quantitative estimate of drug-likeness (QED) is 0.764. The van der Waals surface area contributed by atoms with Gasteiger partial charge in [-0.2, -0.15) is 4.98 Å². The van der Waals surface area contributed by atoms with E-state index < -0.39 is 0 Å². The van der Waals surface area contributed by atoms with E-state index in [2.05, 4.69) is 27.1 Å². The molecule has 0 saturated heterocycles. The summed E-state index contributed by atoms with van der Waals surface area (Å²) in [6, 6.07) is 1.86. The molecule has 0 bridgehead atoms. The SMILES string of the molecule is CCCc1nc(NCC)cc(OCCN(C)C)n1. The first-order chi connectivity index (χ1) is 8.65. The first-order valence-electron chi connectivity index (χ1n) is 6.55. The highest BCUT2D eigenvalue weighted by Gasteiger charge is 2.05. The molecule has 0 aliphatic heterocycles. The molecule has 0 aromatic carbocycles. The van der Waals surface area contributed by atoms with E-state index in [1.807, 2.05) is 27.1 Å². The number of aromatic nitrogens is 2. The van der Waals surface area contributed by atoms with Crippen molar-refractivity contribution in [1.29, 1.82) is 0 Å². The largest absolute Gasteiger partial charge is 0.476 e. The van der Waals surface area contributed by atoms with E-state index in [0.29, 0.717) is 12.5 Å². The third-order valence-corrected chi connectivity index (χ3v) is 2.37. The Balaban J connectivity index is 2.69. The first kappa shape index (κ1) is 14.7. The molecule has 102 valence electrons. The molecule has 1 aromatic heterocycles. The molecule has 0 amide bonds. The molecule has 0 spiro atoms. The predicted octanol–water partition coefficient (Wildman–Crippen LogP) is 1.80. The topological polar surface area (TPSA) is 50.3 Å². The number of nitrogens with zero attached hydrogens (tertiary/aromatic N) is 3. The molecule has 0 atom stereocenters. The number of rotatable bonds is 8. The summed E-state index contributed by atoms with van der Waals surface area (Å²) in [6.07, 6.45) is 1.91. The summed E-state index contributed by atoms with van der Waals surface area (Å²) in [6.45, 7) is 6.54. The van der Waals surface area contributed by atoms with Crippen LogP contribution in [-0.2, 0) is 6.42 Å². The van der Waals surface area contributed by atoms with Gasteiger partial charge in [-0.3, -0.25) is 0 Å². The zero-order chi connectivity index (χ0) is 13.4. The molecule has 5 nitrogen and oxygen atoms in total. The Morgan fingerprint density at radius 2 is 2.06 bits per heavy atom. The van der Waals surface area contributed by atoms with Crippen molar-refractivity contribution in [2.45, 2.75) is 26.7 Å². The molecule has 0 radical (unpaired) electrons. The zero-order valence-electron chi connectivity index (χ0n) is 11.9. The molecule has 0 saturated carbocycles. The van der Waals surface area contributed by atoms with Crippen LogP contribution in [0.3, 0.4) is 0 Å². The van der Waals surface area contributed by atoms with E-state index in [-0.39, 0.29) is 0 Å². The minimum atomic E-state index is 0.640. The van der Waals surface area contributed by atoms with Crippen molar-refractivity contribution in [3.63, 3.8) is 0 Å². The van der Waals surface area contributed by atoms with Crippen LogP contribution in [-0.4, -0.2) is 48.7 Å². The van der Waals surface area contributed by atoms with Gasteiger partial charge in [-0.05, 0) is 27.4 Å². The molecule has 5 heteroatoms. The first-order valence-corrected chi connectivity index (χ1v) is 6.55. The summed E-state index contributed by atoms with van der Waals surface area (Å²) in [5.41, 5.74) is 0. The molecule has 1 heterocycles. The lowest BCUT2D eigenvalue weighted by molar-refractivity contribution is 0.253.